The summed E-state index contributed by atoms with van der Waals surface area (Å²) in [6.07, 6.45) is 1.74. The predicted octanol–water partition coefficient (Wildman–Crippen LogP) is 1.26. The number of amides is 1. The zero-order chi connectivity index (χ0) is 13.2. The highest BCUT2D eigenvalue weighted by atomic mass is 16.7. The Hall–Kier alpha value is -1.75. The minimum Gasteiger partial charge on any atom is -0.454 e. The number of rotatable bonds is 2. The molecule has 5 heteroatoms. The predicted molar refractivity (Wildman–Crippen MR) is 68.3 cm³/mol. The van der Waals surface area contributed by atoms with E-state index >= 15 is 0 Å². The SMILES string of the molecule is O=C(c1ccc2c(c1)OCO2)N1CCC(CO)CC1. The van der Waals surface area contributed by atoms with Gasteiger partial charge < -0.3 is 19.5 Å². The van der Waals surface area contributed by atoms with Crippen LogP contribution < -0.4 is 9.47 Å². The summed E-state index contributed by atoms with van der Waals surface area (Å²) in [5.41, 5.74) is 0.631. The summed E-state index contributed by atoms with van der Waals surface area (Å²) in [5, 5.41) is 9.10. The topological polar surface area (TPSA) is 59.0 Å². The van der Waals surface area contributed by atoms with Gasteiger partial charge in [-0.05, 0) is 37.0 Å². The van der Waals surface area contributed by atoms with E-state index in [-0.39, 0.29) is 19.3 Å². The van der Waals surface area contributed by atoms with Crippen molar-refractivity contribution in [3.05, 3.63) is 23.8 Å². The van der Waals surface area contributed by atoms with Crippen molar-refractivity contribution >= 4 is 5.91 Å². The minimum atomic E-state index is 0.0229. The second-order valence-corrected chi connectivity index (χ2v) is 4.99. The summed E-state index contributed by atoms with van der Waals surface area (Å²) < 4.78 is 10.5. The summed E-state index contributed by atoms with van der Waals surface area (Å²) in [5.74, 6) is 1.68. The van der Waals surface area contributed by atoms with E-state index < -0.39 is 0 Å². The number of nitrogens with zero attached hydrogens (tertiary/aromatic N) is 1. The third-order valence-corrected chi connectivity index (χ3v) is 3.78. The summed E-state index contributed by atoms with van der Waals surface area (Å²) in [6.45, 7) is 1.85. The second kappa shape index (κ2) is 5.09. The fourth-order valence-electron chi connectivity index (χ4n) is 2.53. The molecule has 2 aliphatic heterocycles. The van der Waals surface area contributed by atoms with E-state index in [0.29, 0.717) is 36.1 Å². The molecule has 0 bridgehead atoms. The number of aliphatic hydroxyl groups is 1. The van der Waals surface area contributed by atoms with Crippen molar-refractivity contribution in [2.24, 2.45) is 5.92 Å². The van der Waals surface area contributed by atoms with Gasteiger partial charge in [0, 0.05) is 25.3 Å². The quantitative estimate of drug-likeness (QED) is 0.872. The van der Waals surface area contributed by atoms with Crippen LogP contribution in [0.4, 0.5) is 0 Å². The van der Waals surface area contributed by atoms with Crippen LogP contribution in [-0.2, 0) is 0 Å². The van der Waals surface area contributed by atoms with Crippen LogP contribution in [0.2, 0.25) is 0 Å². The maximum absolute atomic E-state index is 12.4. The molecular formula is C14H17NO4. The Labute approximate surface area is 111 Å². The molecule has 0 radical (unpaired) electrons. The number of piperidine rings is 1. The van der Waals surface area contributed by atoms with Crippen molar-refractivity contribution in [3.63, 3.8) is 0 Å². The van der Waals surface area contributed by atoms with Crippen LogP contribution in [0.5, 0.6) is 11.5 Å². The van der Waals surface area contributed by atoms with Crippen LogP contribution in [0.15, 0.2) is 18.2 Å². The standard InChI is InChI=1S/C14H17NO4/c16-8-10-3-5-15(6-4-10)14(17)11-1-2-12-13(7-11)19-9-18-12/h1-2,7,10,16H,3-6,8-9H2. The summed E-state index contributed by atoms with van der Waals surface area (Å²) in [4.78, 5) is 14.2. The average Bonchev–Trinajstić information content (AvgIpc) is 2.94. The number of likely N-dealkylation sites (tertiary alicyclic amines) is 1. The van der Waals surface area contributed by atoms with Crippen LogP contribution in [-0.4, -0.2) is 42.4 Å². The Morgan fingerprint density at radius 2 is 2.00 bits per heavy atom. The van der Waals surface area contributed by atoms with Crippen LogP contribution >= 0.6 is 0 Å². The zero-order valence-electron chi connectivity index (χ0n) is 10.7. The van der Waals surface area contributed by atoms with Gasteiger partial charge in [0.05, 0.1) is 0 Å². The molecule has 0 aliphatic carbocycles. The molecule has 1 fully saturated rings. The lowest BCUT2D eigenvalue weighted by atomic mass is 9.97. The number of carbonyl (C=O) groups is 1. The lowest BCUT2D eigenvalue weighted by Crippen LogP contribution is -2.39. The fourth-order valence-corrected chi connectivity index (χ4v) is 2.53. The molecule has 0 atom stereocenters. The molecule has 1 saturated heterocycles. The van der Waals surface area contributed by atoms with E-state index in [4.69, 9.17) is 14.6 Å². The van der Waals surface area contributed by atoms with Gasteiger partial charge in [-0.15, -0.1) is 0 Å². The second-order valence-electron chi connectivity index (χ2n) is 4.99. The molecule has 5 nitrogen and oxygen atoms in total. The highest BCUT2D eigenvalue weighted by Crippen LogP contribution is 2.33. The van der Waals surface area contributed by atoms with Gasteiger partial charge in [0.25, 0.3) is 5.91 Å². The maximum atomic E-state index is 12.4. The summed E-state index contributed by atoms with van der Waals surface area (Å²) >= 11 is 0. The molecular weight excluding hydrogens is 246 g/mol. The van der Waals surface area contributed by atoms with Crippen molar-refractivity contribution in [1.82, 2.24) is 4.90 Å². The zero-order valence-corrected chi connectivity index (χ0v) is 10.7. The number of hydrogen-bond donors (Lipinski definition) is 1. The van der Waals surface area contributed by atoms with Crippen molar-refractivity contribution in [3.8, 4) is 11.5 Å². The van der Waals surface area contributed by atoms with E-state index in [9.17, 15) is 4.79 Å². The first-order valence-electron chi connectivity index (χ1n) is 6.57. The molecule has 1 amide bonds. The van der Waals surface area contributed by atoms with Gasteiger partial charge in [-0.3, -0.25) is 4.79 Å². The van der Waals surface area contributed by atoms with Gasteiger partial charge in [-0.25, -0.2) is 0 Å². The molecule has 1 aromatic rings. The largest absolute Gasteiger partial charge is 0.454 e. The number of benzene rings is 1. The van der Waals surface area contributed by atoms with Crippen LogP contribution in [0, 0.1) is 5.92 Å². The maximum Gasteiger partial charge on any atom is 0.253 e. The monoisotopic (exact) mass is 263 g/mol. The molecule has 0 saturated carbocycles. The molecule has 19 heavy (non-hydrogen) atoms. The third kappa shape index (κ3) is 2.38. The molecule has 0 spiro atoms. The first-order chi connectivity index (χ1) is 9.28. The van der Waals surface area contributed by atoms with Crippen molar-refractivity contribution in [2.45, 2.75) is 12.8 Å². The number of hydrogen-bond acceptors (Lipinski definition) is 4. The molecule has 3 rings (SSSR count). The average molecular weight is 263 g/mol. The smallest absolute Gasteiger partial charge is 0.253 e. The molecule has 1 N–H and O–H groups in total. The van der Waals surface area contributed by atoms with Gasteiger partial charge in [0.1, 0.15) is 0 Å². The van der Waals surface area contributed by atoms with Crippen LogP contribution in [0.1, 0.15) is 23.2 Å². The lowest BCUT2D eigenvalue weighted by molar-refractivity contribution is 0.0650. The molecule has 0 unspecified atom stereocenters. The first kappa shape index (κ1) is 12.3. The van der Waals surface area contributed by atoms with Gasteiger partial charge in [-0.2, -0.15) is 0 Å². The number of carbonyl (C=O) groups excluding carboxylic acids is 1. The Balaban J connectivity index is 1.70. The van der Waals surface area contributed by atoms with E-state index in [1.807, 2.05) is 4.90 Å². The fraction of sp³-hybridized carbons (Fsp3) is 0.500. The van der Waals surface area contributed by atoms with Crippen molar-refractivity contribution in [2.75, 3.05) is 26.5 Å². The molecule has 0 aromatic heterocycles. The number of aliphatic hydroxyl groups excluding tert-OH is 1. The normalized spacial score (nSPS) is 18.7. The Bertz CT molecular complexity index is 480. The number of ether oxygens (including phenoxy) is 2. The Kier molecular flexibility index (Phi) is 3.29. The van der Waals surface area contributed by atoms with E-state index in [1.54, 1.807) is 18.2 Å². The van der Waals surface area contributed by atoms with E-state index in [1.165, 1.54) is 0 Å². The minimum absolute atomic E-state index is 0.0229. The van der Waals surface area contributed by atoms with E-state index in [2.05, 4.69) is 0 Å². The first-order valence-corrected chi connectivity index (χ1v) is 6.57. The highest BCUT2D eigenvalue weighted by Gasteiger charge is 2.24. The van der Waals surface area contributed by atoms with Gasteiger partial charge in [0.2, 0.25) is 6.79 Å². The van der Waals surface area contributed by atoms with Gasteiger partial charge >= 0.3 is 0 Å². The Morgan fingerprint density at radius 3 is 2.74 bits per heavy atom. The van der Waals surface area contributed by atoms with Gasteiger partial charge in [0.15, 0.2) is 11.5 Å². The Morgan fingerprint density at radius 1 is 1.26 bits per heavy atom. The van der Waals surface area contributed by atoms with E-state index in [0.717, 1.165) is 12.8 Å². The number of fused-ring (bicyclic) bond motifs is 1. The lowest BCUT2D eigenvalue weighted by Gasteiger charge is -2.31. The molecule has 2 aliphatic rings. The van der Waals surface area contributed by atoms with Crippen molar-refractivity contribution in [1.29, 1.82) is 0 Å². The summed E-state index contributed by atoms with van der Waals surface area (Å²) in [6, 6.07) is 5.28. The molecule has 102 valence electrons. The molecule has 1 aromatic carbocycles. The third-order valence-electron chi connectivity index (χ3n) is 3.78. The highest BCUT2D eigenvalue weighted by molar-refractivity contribution is 5.95. The van der Waals surface area contributed by atoms with Crippen molar-refractivity contribution < 1.29 is 19.4 Å². The summed E-state index contributed by atoms with van der Waals surface area (Å²) in [7, 11) is 0. The van der Waals surface area contributed by atoms with Crippen LogP contribution in [0.3, 0.4) is 0 Å². The van der Waals surface area contributed by atoms with Gasteiger partial charge in [-0.1, -0.05) is 0 Å². The molecule has 2 heterocycles. The van der Waals surface area contributed by atoms with Crippen LogP contribution in [0.25, 0.3) is 0 Å².